The number of hydrogen-bond donors (Lipinski definition) is 2. The van der Waals surface area contributed by atoms with Gasteiger partial charge in [-0.25, -0.2) is 0 Å². The van der Waals surface area contributed by atoms with Gasteiger partial charge in [0.05, 0.1) is 6.10 Å². The van der Waals surface area contributed by atoms with Crippen molar-refractivity contribution in [2.45, 2.75) is 64.4 Å². The van der Waals surface area contributed by atoms with Gasteiger partial charge in [-0.05, 0) is 30.7 Å². The molecule has 120 valence electrons. The fourth-order valence-electron chi connectivity index (χ4n) is 2.45. The van der Waals surface area contributed by atoms with Gasteiger partial charge in [0.15, 0.2) is 0 Å². The third-order valence-electron chi connectivity index (χ3n) is 3.78. The van der Waals surface area contributed by atoms with E-state index < -0.39 is 6.10 Å². The average molecular weight is 356 g/mol. The van der Waals surface area contributed by atoms with Crippen molar-refractivity contribution in [1.29, 1.82) is 0 Å². The van der Waals surface area contributed by atoms with Crippen molar-refractivity contribution < 1.29 is 5.11 Å². The van der Waals surface area contributed by atoms with E-state index in [2.05, 4.69) is 28.2 Å². The predicted octanol–water partition coefficient (Wildman–Crippen LogP) is 5.21. The van der Waals surface area contributed by atoms with E-state index in [0.29, 0.717) is 6.54 Å². The molecule has 1 aromatic rings. The number of unbranched alkanes of at least 4 members (excludes halogenated alkanes) is 7. The lowest BCUT2D eigenvalue weighted by Gasteiger charge is -2.12. The molecule has 1 aromatic carbocycles. The molecule has 0 spiro atoms. The topological polar surface area (TPSA) is 32.3 Å². The van der Waals surface area contributed by atoms with Crippen molar-refractivity contribution in [3.63, 3.8) is 0 Å². The summed E-state index contributed by atoms with van der Waals surface area (Å²) >= 11 is 3.43. The summed E-state index contributed by atoms with van der Waals surface area (Å²) in [6.45, 7) is 3.89. The quantitative estimate of drug-likeness (QED) is 0.504. The molecule has 1 rings (SSSR count). The van der Waals surface area contributed by atoms with Gasteiger partial charge >= 0.3 is 0 Å². The second-order valence-electron chi connectivity index (χ2n) is 5.75. The normalized spacial score (nSPS) is 12.5. The van der Waals surface area contributed by atoms with Crippen LogP contribution < -0.4 is 5.32 Å². The Morgan fingerprint density at radius 1 is 1.05 bits per heavy atom. The Balaban J connectivity index is 1.96. The summed E-state index contributed by atoms with van der Waals surface area (Å²) in [4.78, 5) is 0. The number of aliphatic hydroxyl groups is 1. The molecular weight excluding hydrogens is 326 g/mol. The molecule has 0 aliphatic carbocycles. The number of rotatable bonds is 12. The maximum Gasteiger partial charge on any atom is 0.0914 e. The van der Waals surface area contributed by atoms with Crippen LogP contribution in [0.5, 0.6) is 0 Å². The smallest absolute Gasteiger partial charge is 0.0914 e. The van der Waals surface area contributed by atoms with Crippen LogP contribution in [0.15, 0.2) is 28.7 Å². The number of hydrogen-bond acceptors (Lipinski definition) is 2. The zero-order valence-corrected chi connectivity index (χ0v) is 14.9. The lowest BCUT2D eigenvalue weighted by Crippen LogP contribution is -2.22. The molecule has 0 radical (unpaired) electrons. The molecule has 0 aliphatic heterocycles. The highest BCUT2D eigenvalue weighted by Gasteiger charge is 2.06. The summed E-state index contributed by atoms with van der Waals surface area (Å²) in [5.74, 6) is 0. The molecule has 0 fully saturated rings. The molecule has 0 bridgehead atoms. The van der Waals surface area contributed by atoms with Gasteiger partial charge in [-0.15, -0.1) is 0 Å². The van der Waals surface area contributed by atoms with Gasteiger partial charge in [-0.3, -0.25) is 0 Å². The maximum absolute atomic E-state index is 10.1. The van der Waals surface area contributed by atoms with Crippen molar-refractivity contribution in [2.24, 2.45) is 0 Å². The van der Waals surface area contributed by atoms with Crippen LogP contribution in [0, 0.1) is 0 Å². The van der Waals surface area contributed by atoms with E-state index >= 15 is 0 Å². The van der Waals surface area contributed by atoms with E-state index in [1.54, 1.807) is 0 Å². The zero-order chi connectivity index (χ0) is 15.3. The van der Waals surface area contributed by atoms with Gasteiger partial charge < -0.3 is 10.4 Å². The van der Waals surface area contributed by atoms with E-state index in [0.717, 1.165) is 16.6 Å². The lowest BCUT2D eigenvalue weighted by molar-refractivity contribution is 0.174. The van der Waals surface area contributed by atoms with Crippen molar-refractivity contribution in [1.82, 2.24) is 5.32 Å². The molecule has 1 unspecified atom stereocenters. The molecule has 0 saturated carbocycles. The number of halogens is 1. The predicted molar refractivity (Wildman–Crippen MR) is 94.6 cm³/mol. The molecule has 21 heavy (non-hydrogen) atoms. The molecule has 0 aliphatic rings. The minimum atomic E-state index is -0.420. The van der Waals surface area contributed by atoms with E-state index in [1.807, 2.05) is 24.3 Å². The molecule has 0 heterocycles. The summed E-state index contributed by atoms with van der Waals surface area (Å²) in [7, 11) is 0. The largest absolute Gasteiger partial charge is 0.387 e. The van der Waals surface area contributed by atoms with Crippen LogP contribution in [0.25, 0.3) is 0 Å². The first-order valence-corrected chi connectivity index (χ1v) is 9.17. The first-order chi connectivity index (χ1) is 10.2. The highest BCUT2D eigenvalue weighted by atomic mass is 79.9. The summed E-state index contributed by atoms with van der Waals surface area (Å²) in [6, 6.07) is 7.88. The van der Waals surface area contributed by atoms with E-state index in [1.165, 1.54) is 51.4 Å². The Kier molecular flexibility index (Phi) is 10.8. The lowest BCUT2D eigenvalue weighted by atomic mass is 10.1. The first-order valence-electron chi connectivity index (χ1n) is 8.38. The minimum absolute atomic E-state index is 0.420. The molecule has 3 heteroatoms. The summed E-state index contributed by atoms with van der Waals surface area (Å²) < 4.78 is 1.02. The van der Waals surface area contributed by atoms with Crippen LogP contribution in [-0.2, 0) is 0 Å². The molecule has 0 saturated heterocycles. The van der Waals surface area contributed by atoms with Crippen LogP contribution in [0.4, 0.5) is 0 Å². The van der Waals surface area contributed by atoms with Crippen molar-refractivity contribution in [3.8, 4) is 0 Å². The average Bonchev–Trinajstić information content (AvgIpc) is 2.49. The third-order valence-corrected chi connectivity index (χ3v) is 4.27. The number of aliphatic hydroxyl groups excluding tert-OH is 1. The van der Waals surface area contributed by atoms with E-state index in [-0.39, 0.29) is 0 Å². The van der Waals surface area contributed by atoms with Gasteiger partial charge in [0.1, 0.15) is 0 Å². The summed E-state index contributed by atoms with van der Waals surface area (Å²) in [6.07, 6.45) is 10.3. The second kappa shape index (κ2) is 12.2. The highest BCUT2D eigenvalue weighted by Crippen LogP contribution is 2.17. The van der Waals surface area contributed by atoms with E-state index in [9.17, 15) is 5.11 Å². The number of benzene rings is 1. The molecule has 0 amide bonds. The molecule has 2 N–H and O–H groups in total. The van der Waals surface area contributed by atoms with Crippen LogP contribution in [0.1, 0.15) is 70.0 Å². The molecule has 0 aromatic heterocycles. The summed E-state index contributed by atoms with van der Waals surface area (Å²) in [5.41, 5.74) is 0.966. The standard InChI is InChI=1S/C18H30BrNO/c1-2-3-4-5-6-7-8-9-13-20-15-18(21)16-11-10-12-17(19)14-16/h10-12,14,18,20-21H,2-9,13,15H2,1H3. The Hall–Kier alpha value is -0.380. The monoisotopic (exact) mass is 355 g/mol. The van der Waals surface area contributed by atoms with Crippen LogP contribution >= 0.6 is 15.9 Å². The first kappa shape index (κ1) is 18.7. The van der Waals surface area contributed by atoms with Gasteiger partial charge in [-0.2, -0.15) is 0 Å². The Labute approximate surface area is 138 Å². The molecule has 2 nitrogen and oxygen atoms in total. The van der Waals surface area contributed by atoms with Crippen LogP contribution in [0.3, 0.4) is 0 Å². The SMILES string of the molecule is CCCCCCCCCCNCC(O)c1cccc(Br)c1. The molecular formula is C18H30BrNO. The fourth-order valence-corrected chi connectivity index (χ4v) is 2.87. The van der Waals surface area contributed by atoms with Crippen LogP contribution in [-0.4, -0.2) is 18.2 Å². The maximum atomic E-state index is 10.1. The fraction of sp³-hybridized carbons (Fsp3) is 0.667. The van der Waals surface area contributed by atoms with Gasteiger partial charge in [0.2, 0.25) is 0 Å². The number of nitrogens with one attached hydrogen (secondary N) is 1. The van der Waals surface area contributed by atoms with Crippen molar-refractivity contribution in [3.05, 3.63) is 34.3 Å². The van der Waals surface area contributed by atoms with E-state index in [4.69, 9.17) is 0 Å². The Morgan fingerprint density at radius 2 is 1.71 bits per heavy atom. The van der Waals surface area contributed by atoms with Gasteiger partial charge in [0, 0.05) is 11.0 Å². The Bertz CT molecular complexity index is 370. The van der Waals surface area contributed by atoms with Gasteiger partial charge in [-0.1, -0.05) is 79.9 Å². The van der Waals surface area contributed by atoms with Crippen molar-refractivity contribution in [2.75, 3.05) is 13.1 Å². The molecule has 1 atom stereocenters. The Morgan fingerprint density at radius 3 is 2.38 bits per heavy atom. The van der Waals surface area contributed by atoms with Crippen LogP contribution in [0.2, 0.25) is 0 Å². The van der Waals surface area contributed by atoms with Gasteiger partial charge in [0.25, 0.3) is 0 Å². The summed E-state index contributed by atoms with van der Waals surface area (Å²) in [5, 5.41) is 13.4. The zero-order valence-electron chi connectivity index (χ0n) is 13.3. The highest BCUT2D eigenvalue weighted by molar-refractivity contribution is 9.10. The third kappa shape index (κ3) is 9.28. The van der Waals surface area contributed by atoms with Crippen molar-refractivity contribution >= 4 is 15.9 Å². The minimum Gasteiger partial charge on any atom is -0.387 e. The second-order valence-corrected chi connectivity index (χ2v) is 6.67.